The van der Waals surface area contributed by atoms with E-state index in [1.165, 1.54) is 22.8 Å². The highest BCUT2D eigenvalue weighted by molar-refractivity contribution is 5.85. The minimum Gasteiger partial charge on any atom is -0.480 e. The van der Waals surface area contributed by atoms with Crippen molar-refractivity contribution >= 4 is 28.7 Å². The molecule has 7 nitrogen and oxygen atoms in total. The van der Waals surface area contributed by atoms with Gasteiger partial charge < -0.3 is 19.9 Å². The second-order valence-corrected chi connectivity index (χ2v) is 7.87. The van der Waals surface area contributed by atoms with Crippen LogP contribution in [-0.4, -0.2) is 63.4 Å². The number of aryl methyl sites for hydroxylation is 2. The zero-order chi connectivity index (χ0) is 21.0. The summed E-state index contributed by atoms with van der Waals surface area (Å²) in [7, 11) is 0. The Morgan fingerprint density at radius 3 is 2.76 bits per heavy atom. The van der Waals surface area contributed by atoms with Gasteiger partial charge in [-0.15, -0.1) is 0 Å². The normalized spacial score (nSPS) is 17.2. The number of hydrogen-bond donors (Lipinski definition) is 2. The minimum absolute atomic E-state index is 0.111. The summed E-state index contributed by atoms with van der Waals surface area (Å²) in [5.74, 6) is -1.13. The largest absolute Gasteiger partial charge is 0.480 e. The van der Waals surface area contributed by atoms with E-state index in [1.54, 1.807) is 0 Å². The molecule has 0 spiro atoms. The Balaban J connectivity index is 1.58. The quantitative estimate of drug-likeness (QED) is 0.781. The second kappa shape index (κ2) is 9.11. The molecular formula is C22H29N3O4. The van der Waals surface area contributed by atoms with Gasteiger partial charge in [0.15, 0.2) is 0 Å². The Kier molecular flexibility index (Phi) is 6.56. The Morgan fingerprint density at radius 1 is 1.24 bits per heavy atom. The van der Waals surface area contributed by atoms with Crippen molar-refractivity contribution in [1.82, 2.24) is 14.8 Å². The molecule has 0 saturated carbocycles. The molecule has 2 N–H and O–H groups in total. The first kappa shape index (κ1) is 20.9. The number of nitrogens with zero attached hydrogens (tertiary/aromatic N) is 2. The maximum atomic E-state index is 12.8. The maximum absolute atomic E-state index is 12.8. The topological polar surface area (TPSA) is 93.7 Å². The van der Waals surface area contributed by atoms with Crippen molar-refractivity contribution in [1.29, 1.82) is 0 Å². The van der Waals surface area contributed by atoms with Crippen LogP contribution in [0.25, 0.3) is 10.9 Å². The first-order chi connectivity index (χ1) is 13.8. The molecule has 1 atom stereocenters. The molecule has 0 radical (unpaired) electrons. The molecule has 0 aliphatic carbocycles. The third-order valence-electron chi connectivity index (χ3n) is 5.73. The van der Waals surface area contributed by atoms with Gasteiger partial charge in [-0.05, 0) is 50.3 Å². The van der Waals surface area contributed by atoms with Crippen molar-refractivity contribution in [3.63, 3.8) is 0 Å². The Hall–Kier alpha value is -2.83. The molecule has 1 saturated heterocycles. The van der Waals surface area contributed by atoms with Gasteiger partial charge in [-0.1, -0.05) is 11.6 Å². The summed E-state index contributed by atoms with van der Waals surface area (Å²) in [6.07, 6.45) is 5.21. The first-order valence-corrected chi connectivity index (χ1v) is 10.2. The van der Waals surface area contributed by atoms with E-state index in [2.05, 4.69) is 30.1 Å². The van der Waals surface area contributed by atoms with Gasteiger partial charge in [-0.2, -0.15) is 0 Å². The Bertz CT molecular complexity index is 905. The fraction of sp³-hybridized carbons (Fsp3) is 0.500. The predicted octanol–water partition coefficient (Wildman–Crippen LogP) is 2.72. The number of carbonyl (C=O) groups excluding carboxylic acids is 2. The van der Waals surface area contributed by atoms with Crippen molar-refractivity contribution in [3.05, 3.63) is 35.5 Å². The summed E-state index contributed by atoms with van der Waals surface area (Å²) in [5, 5.41) is 10.2. The highest BCUT2D eigenvalue weighted by Crippen LogP contribution is 2.22. The van der Waals surface area contributed by atoms with Crippen molar-refractivity contribution in [3.8, 4) is 0 Å². The van der Waals surface area contributed by atoms with Gasteiger partial charge in [-0.25, -0.2) is 0 Å². The molecule has 1 aliphatic heterocycles. The van der Waals surface area contributed by atoms with E-state index < -0.39 is 5.97 Å². The lowest BCUT2D eigenvalue weighted by Gasteiger charge is -2.28. The number of likely N-dealkylation sites (tertiary alicyclic amines) is 1. The number of rotatable bonds is 6. The van der Waals surface area contributed by atoms with Crippen molar-refractivity contribution < 1.29 is 19.5 Å². The number of aliphatic carboxylic acids is 1. The fourth-order valence-electron chi connectivity index (χ4n) is 4.18. The van der Waals surface area contributed by atoms with Gasteiger partial charge in [0.25, 0.3) is 0 Å². The number of benzene rings is 1. The van der Waals surface area contributed by atoms with Crippen LogP contribution in [0, 0.1) is 6.92 Å². The third kappa shape index (κ3) is 5.16. The molecule has 1 aromatic heterocycles. The molecule has 2 aromatic rings. The zero-order valence-electron chi connectivity index (χ0n) is 17.1. The standard InChI is InChI=1S/C22H29N3O4/c1-15-5-7-20-19(12-15)17(13-23-20)6-8-21(27)24-10-3-4-18(9-11-24)25(16(2)26)14-22(28)29/h5,7,12-13,18,23H,3-4,6,8-11,14H2,1-2H3,(H,28,29). The van der Waals surface area contributed by atoms with Crippen LogP contribution in [0.5, 0.6) is 0 Å². The van der Waals surface area contributed by atoms with Gasteiger partial charge in [0, 0.05) is 49.6 Å². The van der Waals surface area contributed by atoms with E-state index in [-0.39, 0.29) is 24.4 Å². The van der Waals surface area contributed by atoms with Gasteiger partial charge >= 0.3 is 5.97 Å². The van der Waals surface area contributed by atoms with Crippen molar-refractivity contribution in [2.24, 2.45) is 0 Å². The fourth-order valence-corrected chi connectivity index (χ4v) is 4.18. The average molecular weight is 399 g/mol. The number of carboxylic acids is 1. The van der Waals surface area contributed by atoms with Gasteiger partial charge in [-0.3, -0.25) is 14.4 Å². The lowest BCUT2D eigenvalue weighted by Crippen LogP contribution is -2.43. The SMILES string of the molecule is CC(=O)N(CC(=O)O)C1CCCN(C(=O)CCc2c[nH]c3ccc(C)cc23)CC1. The minimum atomic E-state index is -1.01. The number of carbonyl (C=O) groups is 3. The van der Waals surface area contributed by atoms with Crippen LogP contribution in [0.15, 0.2) is 24.4 Å². The molecule has 2 heterocycles. The molecule has 1 fully saturated rings. The van der Waals surface area contributed by atoms with Crippen LogP contribution >= 0.6 is 0 Å². The lowest BCUT2D eigenvalue weighted by molar-refractivity contribution is -0.145. The molecule has 29 heavy (non-hydrogen) atoms. The van der Waals surface area contributed by atoms with E-state index >= 15 is 0 Å². The number of nitrogens with one attached hydrogen (secondary N) is 1. The van der Waals surface area contributed by atoms with Crippen LogP contribution in [0.3, 0.4) is 0 Å². The predicted molar refractivity (Wildman–Crippen MR) is 111 cm³/mol. The number of amides is 2. The molecule has 156 valence electrons. The number of aromatic amines is 1. The van der Waals surface area contributed by atoms with E-state index in [0.29, 0.717) is 32.4 Å². The molecule has 1 aromatic carbocycles. The van der Waals surface area contributed by atoms with Crippen LogP contribution in [-0.2, 0) is 20.8 Å². The van der Waals surface area contributed by atoms with E-state index in [9.17, 15) is 14.4 Å². The van der Waals surface area contributed by atoms with Crippen LogP contribution in [0.1, 0.15) is 43.7 Å². The summed E-state index contributed by atoms with van der Waals surface area (Å²) in [6, 6.07) is 6.14. The van der Waals surface area contributed by atoms with Crippen molar-refractivity contribution in [2.75, 3.05) is 19.6 Å². The van der Waals surface area contributed by atoms with Crippen LogP contribution < -0.4 is 0 Å². The van der Waals surface area contributed by atoms with Crippen LogP contribution in [0.4, 0.5) is 0 Å². The zero-order valence-corrected chi connectivity index (χ0v) is 17.1. The summed E-state index contributed by atoms with van der Waals surface area (Å²) in [4.78, 5) is 42.2. The monoisotopic (exact) mass is 399 g/mol. The molecular weight excluding hydrogens is 370 g/mol. The molecule has 2 amide bonds. The van der Waals surface area contributed by atoms with Crippen molar-refractivity contribution in [2.45, 2.75) is 52.0 Å². The Morgan fingerprint density at radius 2 is 2.03 bits per heavy atom. The van der Waals surface area contributed by atoms with E-state index in [0.717, 1.165) is 23.9 Å². The average Bonchev–Trinajstić information content (AvgIpc) is 2.90. The summed E-state index contributed by atoms with van der Waals surface area (Å²) >= 11 is 0. The number of fused-ring (bicyclic) bond motifs is 1. The number of hydrogen-bond acceptors (Lipinski definition) is 3. The van der Waals surface area contributed by atoms with Gasteiger partial charge in [0.1, 0.15) is 6.54 Å². The summed E-state index contributed by atoms with van der Waals surface area (Å²) < 4.78 is 0. The number of aromatic nitrogens is 1. The Labute approximate surface area is 170 Å². The molecule has 1 aliphatic rings. The summed E-state index contributed by atoms with van der Waals surface area (Å²) in [5.41, 5.74) is 3.42. The van der Waals surface area contributed by atoms with E-state index in [4.69, 9.17) is 5.11 Å². The number of H-pyrrole nitrogens is 1. The van der Waals surface area contributed by atoms with E-state index in [1.807, 2.05) is 11.1 Å². The smallest absolute Gasteiger partial charge is 0.323 e. The summed E-state index contributed by atoms with van der Waals surface area (Å²) in [6.45, 7) is 4.39. The molecule has 7 heteroatoms. The molecule has 0 bridgehead atoms. The van der Waals surface area contributed by atoms with Gasteiger partial charge in [0.2, 0.25) is 11.8 Å². The second-order valence-electron chi connectivity index (χ2n) is 7.87. The third-order valence-corrected chi connectivity index (χ3v) is 5.73. The number of carboxylic acid groups (broad SMARTS) is 1. The molecule has 3 rings (SSSR count). The highest BCUT2D eigenvalue weighted by atomic mass is 16.4. The maximum Gasteiger partial charge on any atom is 0.323 e. The van der Waals surface area contributed by atoms with Gasteiger partial charge in [0.05, 0.1) is 0 Å². The molecule has 1 unspecified atom stereocenters. The van der Waals surface area contributed by atoms with Crippen LogP contribution in [0.2, 0.25) is 0 Å². The highest BCUT2D eigenvalue weighted by Gasteiger charge is 2.27. The first-order valence-electron chi connectivity index (χ1n) is 10.2. The lowest BCUT2D eigenvalue weighted by atomic mass is 10.1.